The Morgan fingerprint density at radius 1 is 1.36 bits per heavy atom. The molecule has 0 radical (unpaired) electrons. The van der Waals surface area contributed by atoms with Crippen LogP contribution in [0.25, 0.3) is 21.9 Å². The van der Waals surface area contributed by atoms with Crippen molar-refractivity contribution in [3.63, 3.8) is 0 Å². The van der Waals surface area contributed by atoms with Gasteiger partial charge in [0.05, 0.1) is 28.6 Å². The molecule has 116 valence electrons. The van der Waals surface area contributed by atoms with Crippen molar-refractivity contribution in [2.75, 3.05) is 6.61 Å². The molecule has 0 saturated heterocycles. The van der Waals surface area contributed by atoms with Crippen molar-refractivity contribution in [2.24, 2.45) is 14.1 Å². The molecule has 3 aromatic heterocycles. The molecular weight excluding hydrogens is 286 g/mol. The maximum absolute atomic E-state index is 12.5. The smallest absolute Gasteiger partial charge is 0.327 e. The average Bonchev–Trinajstić information content (AvgIpc) is 2.89. The van der Waals surface area contributed by atoms with E-state index in [9.17, 15) is 9.59 Å². The van der Waals surface area contributed by atoms with Crippen LogP contribution in [0.2, 0.25) is 0 Å². The molecule has 3 aromatic rings. The minimum atomic E-state index is -0.442. The summed E-state index contributed by atoms with van der Waals surface area (Å²) in [6.45, 7) is 3.76. The second-order valence-corrected chi connectivity index (χ2v) is 5.12. The number of nitrogens with zero attached hydrogens (tertiary/aromatic N) is 5. The Morgan fingerprint density at radius 2 is 2.09 bits per heavy atom. The summed E-state index contributed by atoms with van der Waals surface area (Å²) in [4.78, 5) is 28.5. The first-order valence-corrected chi connectivity index (χ1v) is 6.99. The van der Waals surface area contributed by atoms with Gasteiger partial charge in [0.25, 0.3) is 5.56 Å². The number of pyridine rings is 1. The van der Waals surface area contributed by atoms with Crippen molar-refractivity contribution in [2.45, 2.75) is 20.4 Å². The Kier molecular flexibility index (Phi) is 3.23. The highest BCUT2D eigenvalue weighted by Gasteiger charge is 2.19. The van der Waals surface area contributed by atoms with Crippen molar-refractivity contribution in [1.29, 1.82) is 0 Å². The third-order valence-corrected chi connectivity index (χ3v) is 3.73. The maximum atomic E-state index is 12.5. The Morgan fingerprint density at radius 3 is 2.77 bits per heavy atom. The number of hydrogen-bond acceptors (Lipinski definition) is 5. The van der Waals surface area contributed by atoms with Gasteiger partial charge < -0.3 is 4.74 Å². The fourth-order valence-electron chi connectivity index (χ4n) is 2.79. The third kappa shape index (κ3) is 1.91. The molecule has 0 saturated carbocycles. The zero-order chi connectivity index (χ0) is 16.0. The Bertz CT molecular complexity index is 947. The lowest BCUT2D eigenvalue weighted by Crippen LogP contribution is -2.26. The minimum absolute atomic E-state index is 0.126. The molecule has 3 heterocycles. The van der Waals surface area contributed by atoms with E-state index in [1.165, 1.54) is 10.9 Å². The van der Waals surface area contributed by atoms with E-state index in [0.29, 0.717) is 11.0 Å². The van der Waals surface area contributed by atoms with Crippen LogP contribution in [0.15, 0.2) is 11.0 Å². The first kappa shape index (κ1) is 14.3. The molecule has 0 unspecified atom stereocenters. The van der Waals surface area contributed by atoms with Crippen LogP contribution in [0, 0.1) is 6.92 Å². The van der Waals surface area contributed by atoms with Crippen LogP contribution in [0.3, 0.4) is 0 Å². The first-order chi connectivity index (χ1) is 10.5. The highest BCUT2D eigenvalue weighted by molar-refractivity contribution is 6.03. The van der Waals surface area contributed by atoms with E-state index in [4.69, 9.17) is 4.74 Å². The van der Waals surface area contributed by atoms with Gasteiger partial charge in [-0.1, -0.05) is 0 Å². The molecule has 3 rings (SSSR count). The monoisotopic (exact) mass is 303 g/mol. The molecule has 22 heavy (non-hydrogen) atoms. The number of aryl methyl sites for hydroxylation is 3. The summed E-state index contributed by atoms with van der Waals surface area (Å²) < 4.78 is 9.63. The van der Waals surface area contributed by atoms with Crippen LogP contribution in [-0.4, -0.2) is 36.7 Å². The van der Waals surface area contributed by atoms with Crippen molar-refractivity contribution in [3.8, 4) is 0 Å². The normalized spacial score (nSPS) is 11.5. The minimum Gasteiger partial charge on any atom is -0.465 e. The van der Waals surface area contributed by atoms with Gasteiger partial charge in [0.2, 0.25) is 0 Å². The van der Waals surface area contributed by atoms with Crippen LogP contribution >= 0.6 is 0 Å². The number of aromatic nitrogens is 5. The highest BCUT2D eigenvalue weighted by Crippen LogP contribution is 2.24. The van der Waals surface area contributed by atoms with Gasteiger partial charge in [0.15, 0.2) is 5.65 Å². The molecule has 0 atom stereocenters. The van der Waals surface area contributed by atoms with Crippen molar-refractivity contribution in [1.82, 2.24) is 24.1 Å². The zero-order valence-electron chi connectivity index (χ0n) is 13.0. The number of esters is 1. The van der Waals surface area contributed by atoms with Crippen molar-refractivity contribution < 1.29 is 9.53 Å². The standard InChI is InChI=1S/C14H17N5O3/c1-5-22-10(20)7-19-14(21)9-6-15-13-11(12(9)18(19)4)8(2)16-17(13)3/h6H,5,7H2,1-4H3. The van der Waals surface area contributed by atoms with E-state index < -0.39 is 5.97 Å². The van der Waals surface area contributed by atoms with Gasteiger partial charge >= 0.3 is 5.97 Å². The predicted molar refractivity (Wildman–Crippen MR) is 80.6 cm³/mol. The van der Waals surface area contributed by atoms with E-state index in [1.807, 2.05) is 14.0 Å². The lowest BCUT2D eigenvalue weighted by molar-refractivity contribution is -0.144. The Labute approximate surface area is 125 Å². The molecule has 0 spiro atoms. The van der Waals surface area contributed by atoms with Crippen LogP contribution in [-0.2, 0) is 30.2 Å². The molecule has 0 amide bonds. The van der Waals surface area contributed by atoms with E-state index in [2.05, 4.69) is 10.1 Å². The molecule has 0 bridgehead atoms. The fourth-order valence-corrected chi connectivity index (χ4v) is 2.79. The van der Waals surface area contributed by atoms with Gasteiger partial charge in [-0.15, -0.1) is 0 Å². The van der Waals surface area contributed by atoms with E-state index in [0.717, 1.165) is 16.6 Å². The second kappa shape index (κ2) is 4.97. The predicted octanol–water partition coefficient (Wildman–Crippen LogP) is 0.493. The molecule has 0 aliphatic rings. The lowest BCUT2D eigenvalue weighted by Gasteiger charge is -2.07. The molecule has 0 N–H and O–H groups in total. The van der Waals surface area contributed by atoms with Gasteiger partial charge in [-0.05, 0) is 13.8 Å². The van der Waals surface area contributed by atoms with Gasteiger partial charge in [0, 0.05) is 20.3 Å². The average molecular weight is 303 g/mol. The van der Waals surface area contributed by atoms with Crippen molar-refractivity contribution >= 4 is 27.9 Å². The second-order valence-electron chi connectivity index (χ2n) is 5.12. The summed E-state index contributed by atoms with van der Waals surface area (Å²) in [5.74, 6) is -0.442. The topological polar surface area (TPSA) is 83.9 Å². The summed E-state index contributed by atoms with van der Waals surface area (Å²) in [7, 11) is 3.55. The molecule has 0 aliphatic heterocycles. The summed E-state index contributed by atoms with van der Waals surface area (Å²) in [6, 6.07) is 0. The summed E-state index contributed by atoms with van der Waals surface area (Å²) in [5, 5.41) is 5.64. The Balaban J connectivity index is 2.31. The molecule has 8 nitrogen and oxygen atoms in total. The quantitative estimate of drug-likeness (QED) is 0.658. The Hall–Kier alpha value is -2.64. The van der Waals surface area contributed by atoms with Crippen LogP contribution < -0.4 is 5.56 Å². The molecular formula is C14H17N5O3. The molecule has 8 heteroatoms. The van der Waals surface area contributed by atoms with Crippen LogP contribution in [0.4, 0.5) is 0 Å². The highest BCUT2D eigenvalue weighted by atomic mass is 16.5. The fraction of sp³-hybridized carbons (Fsp3) is 0.429. The van der Waals surface area contributed by atoms with E-state index >= 15 is 0 Å². The van der Waals surface area contributed by atoms with Gasteiger partial charge in [0.1, 0.15) is 6.54 Å². The summed E-state index contributed by atoms with van der Waals surface area (Å²) in [6.07, 6.45) is 1.53. The summed E-state index contributed by atoms with van der Waals surface area (Å²) >= 11 is 0. The summed E-state index contributed by atoms with van der Waals surface area (Å²) in [5.41, 5.74) is 1.96. The van der Waals surface area contributed by atoms with E-state index in [-0.39, 0.29) is 18.7 Å². The largest absolute Gasteiger partial charge is 0.465 e. The van der Waals surface area contributed by atoms with Crippen LogP contribution in [0.1, 0.15) is 12.6 Å². The van der Waals surface area contributed by atoms with Gasteiger partial charge in [-0.2, -0.15) is 5.10 Å². The lowest BCUT2D eigenvalue weighted by atomic mass is 10.2. The van der Waals surface area contributed by atoms with Gasteiger partial charge in [-0.3, -0.25) is 19.0 Å². The number of carbonyl (C=O) groups excluding carboxylic acids is 1. The first-order valence-electron chi connectivity index (χ1n) is 6.99. The van der Waals surface area contributed by atoms with Crippen LogP contribution in [0.5, 0.6) is 0 Å². The number of rotatable bonds is 3. The number of fused-ring (bicyclic) bond motifs is 3. The van der Waals surface area contributed by atoms with Gasteiger partial charge in [-0.25, -0.2) is 9.67 Å². The number of hydrogen-bond donors (Lipinski definition) is 0. The maximum Gasteiger partial charge on any atom is 0.327 e. The number of carbonyl (C=O) groups is 1. The SMILES string of the molecule is CCOC(=O)Cn1c(=O)c2cnc3c(c(C)nn3C)c2n1C. The molecule has 0 aliphatic carbocycles. The zero-order valence-corrected chi connectivity index (χ0v) is 13.0. The van der Waals surface area contributed by atoms with E-state index in [1.54, 1.807) is 23.3 Å². The molecule has 0 aromatic carbocycles. The number of ether oxygens (including phenoxy) is 1. The third-order valence-electron chi connectivity index (χ3n) is 3.73. The molecule has 0 fully saturated rings. The van der Waals surface area contributed by atoms with Crippen molar-refractivity contribution in [3.05, 3.63) is 22.2 Å².